The highest BCUT2D eigenvalue weighted by atomic mass is 79.9. The summed E-state index contributed by atoms with van der Waals surface area (Å²) in [4.78, 5) is 15.7. The second-order valence-corrected chi connectivity index (χ2v) is 8.95. The number of nitrogens with zero attached hydrogens (tertiary/aromatic N) is 2. The van der Waals surface area contributed by atoms with Gasteiger partial charge in [-0.1, -0.05) is 29.8 Å². The number of sulfonamides is 1. The zero-order chi connectivity index (χ0) is 19.3. The van der Waals surface area contributed by atoms with Gasteiger partial charge in [0.2, 0.25) is 15.9 Å². The zero-order valence-electron chi connectivity index (χ0n) is 14.8. The molecule has 0 atom stereocenters. The standard InChI is InChI=1S/C17H21BrN2O5S/c1-12(2)8-9-20(10-16-19-15(11-25-16)17(21)24-3)26(22,23)14-6-4-13(18)5-7-14/h4-7,11-12H,8-10H2,1-3H3. The Morgan fingerprint density at radius 1 is 1.31 bits per heavy atom. The van der Waals surface area contributed by atoms with Gasteiger partial charge < -0.3 is 9.15 Å². The van der Waals surface area contributed by atoms with E-state index in [0.717, 1.165) is 10.7 Å². The molecule has 0 aliphatic carbocycles. The van der Waals surface area contributed by atoms with Crippen LogP contribution in [0.5, 0.6) is 0 Å². The summed E-state index contributed by atoms with van der Waals surface area (Å²) in [6, 6.07) is 6.43. The summed E-state index contributed by atoms with van der Waals surface area (Å²) >= 11 is 3.30. The molecular formula is C17H21BrN2O5S. The van der Waals surface area contributed by atoms with Crippen LogP contribution < -0.4 is 0 Å². The molecule has 0 aliphatic rings. The minimum Gasteiger partial charge on any atom is -0.464 e. The Morgan fingerprint density at radius 2 is 1.96 bits per heavy atom. The number of ether oxygens (including phenoxy) is 1. The molecule has 0 bridgehead atoms. The maximum Gasteiger partial charge on any atom is 0.360 e. The summed E-state index contributed by atoms with van der Waals surface area (Å²) < 4.78 is 37.9. The highest BCUT2D eigenvalue weighted by Gasteiger charge is 2.27. The molecule has 1 aromatic heterocycles. The van der Waals surface area contributed by atoms with Gasteiger partial charge in [-0.05, 0) is 36.6 Å². The summed E-state index contributed by atoms with van der Waals surface area (Å²) in [5.74, 6) is -0.174. The van der Waals surface area contributed by atoms with E-state index in [9.17, 15) is 13.2 Å². The molecule has 2 aromatic rings. The van der Waals surface area contributed by atoms with Crippen molar-refractivity contribution in [1.29, 1.82) is 0 Å². The maximum absolute atomic E-state index is 13.0. The Labute approximate surface area is 161 Å². The van der Waals surface area contributed by atoms with Gasteiger partial charge in [0.05, 0.1) is 18.6 Å². The van der Waals surface area contributed by atoms with Crippen LogP contribution in [0, 0.1) is 5.92 Å². The second-order valence-electron chi connectivity index (χ2n) is 6.09. The first-order chi connectivity index (χ1) is 12.2. The first-order valence-corrected chi connectivity index (χ1v) is 10.3. The van der Waals surface area contributed by atoms with E-state index in [4.69, 9.17) is 4.42 Å². The lowest BCUT2D eigenvalue weighted by Crippen LogP contribution is -2.32. The minimum atomic E-state index is -3.73. The lowest BCUT2D eigenvalue weighted by molar-refractivity contribution is 0.0594. The van der Waals surface area contributed by atoms with E-state index in [0.29, 0.717) is 18.9 Å². The van der Waals surface area contributed by atoms with Crippen molar-refractivity contribution in [2.24, 2.45) is 5.92 Å². The number of carbonyl (C=O) groups is 1. The highest BCUT2D eigenvalue weighted by Crippen LogP contribution is 2.22. The van der Waals surface area contributed by atoms with E-state index in [1.807, 2.05) is 13.8 Å². The summed E-state index contributed by atoms with van der Waals surface area (Å²) in [6.07, 6.45) is 1.84. The molecule has 0 saturated carbocycles. The van der Waals surface area contributed by atoms with Crippen molar-refractivity contribution in [1.82, 2.24) is 9.29 Å². The van der Waals surface area contributed by atoms with Gasteiger partial charge in [-0.25, -0.2) is 18.2 Å². The quantitative estimate of drug-likeness (QED) is 0.579. The predicted molar refractivity (Wildman–Crippen MR) is 99.0 cm³/mol. The van der Waals surface area contributed by atoms with E-state index in [1.165, 1.54) is 23.5 Å². The van der Waals surface area contributed by atoms with E-state index >= 15 is 0 Å². The molecular weight excluding hydrogens is 424 g/mol. The van der Waals surface area contributed by atoms with Crippen LogP contribution in [0.15, 0.2) is 44.3 Å². The van der Waals surface area contributed by atoms with E-state index in [-0.39, 0.29) is 23.0 Å². The van der Waals surface area contributed by atoms with Crippen molar-refractivity contribution in [3.05, 3.63) is 46.6 Å². The lowest BCUT2D eigenvalue weighted by atomic mass is 10.1. The number of halogens is 1. The third-order valence-corrected chi connectivity index (χ3v) is 6.05. The number of esters is 1. The number of hydrogen-bond donors (Lipinski definition) is 0. The van der Waals surface area contributed by atoms with Crippen LogP contribution in [0.1, 0.15) is 36.6 Å². The highest BCUT2D eigenvalue weighted by molar-refractivity contribution is 9.10. The molecule has 0 aliphatic heterocycles. The summed E-state index contributed by atoms with van der Waals surface area (Å²) in [5.41, 5.74) is 0.00680. The maximum atomic E-state index is 13.0. The van der Waals surface area contributed by atoms with Crippen molar-refractivity contribution in [3.63, 3.8) is 0 Å². The Kier molecular flexibility index (Phi) is 6.96. The van der Waals surface area contributed by atoms with Gasteiger partial charge in [0.1, 0.15) is 6.26 Å². The van der Waals surface area contributed by atoms with Crippen molar-refractivity contribution in [2.45, 2.75) is 31.7 Å². The van der Waals surface area contributed by atoms with Crippen molar-refractivity contribution in [3.8, 4) is 0 Å². The fourth-order valence-corrected chi connectivity index (χ4v) is 3.84. The molecule has 2 rings (SSSR count). The summed E-state index contributed by atoms with van der Waals surface area (Å²) in [6.45, 7) is 4.28. The predicted octanol–water partition coefficient (Wildman–Crippen LogP) is 3.46. The molecule has 0 unspecified atom stereocenters. The van der Waals surface area contributed by atoms with E-state index in [1.54, 1.807) is 12.1 Å². The molecule has 26 heavy (non-hydrogen) atoms. The Morgan fingerprint density at radius 3 is 2.54 bits per heavy atom. The average molecular weight is 445 g/mol. The summed E-state index contributed by atoms with van der Waals surface area (Å²) in [7, 11) is -2.49. The summed E-state index contributed by atoms with van der Waals surface area (Å²) in [5, 5.41) is 0. The molecule has 0 fully saturated rings. The van der Waals surface area contributed by atoms with Crippen LogP contribution in [0.25, 0.3) is 0 Å². The normalized spacial score (nSPS) is 11.9. The monoisotopic (exact) mass is 444 g/mol. The van der Waals surface area contributed by atoms with Gasteiger partial charge in [0.25, 0.3) is 0 Å². The van der Waals surface area contributed by atoms with Gasteiger partial charge in [0.15, 0.2) is 5.69 Å². The zero-order valence-corrected chi connectivity index (χ0v) is 17.2. The number of hydrogen-bond acceptors (Lipinski definition) is 6. The molecule has 1 heterocycles. The van der Waals surface area contributed by atoms with Crippen LogP contribution in [0.2, 0.25) is 0 Å². The lowest BCUT2D eigenvalue weighted by Gasteiger charge is -2.21. The molecule has 142 valence electrons. The molecule has 0 N–H and O–H groups in total. The van der Waals surface area contributed by atoms with Gasteiger partial charge >= 0.3 is 5.97 Å². The van der Waals surface area contributed by atoms with Gasteiger partial charge in [-0.3, -0.25) is 0 Å². The SMILES string of the molecule is COC(=O)c1coc(CN(CCC(C)C)S(=O)(=O)c2ccc(Br)cc2)n1. The number of aromatic nitrogens is 1. The van der Waals surface area contributed by atoms with Crippen LogP contribution in [0.3, 0.4) is 0 Å². The molecule has 0 saturated heterocycles. The van der Waals surface area contributed by atoms with E-state index in [2.05, 4.69) is 25.7 Å². The topological polar surface area (TPSA) is 89.7 Å². The third-order valence-electron chi connectivity index (χ3n) is 3.67. The second kappa shape index (κ2) is 8.79. The smallest absolute Gasteiger partial charge is 0.360 e. The fourth-order valence-electron chi connectivity index (χ4n) is 2.17. The van der Waals surface area contributed by atoms with E-state index < -0.39 is 16.0 Å². The van der Waals surface area contributed by atoms with Gasteiger partial charge in [0, 0.05) is 11.0 Å². The number of rotatable bonds is 8. The molecule has 0 radical (unpaired) electrons. The van der Waals surface area contributed by atoms with Crippen LogP contribution in [-0.4, -0.2) is 37.3 Å². The number of oxazole rings is 1. The van der Waals surface area contributed by atoms with Gasteiger partial charge in [-0.2, -0.15) is 4.31 Å². The van der Waals surface area contributed by atoms with Crippen LogP contribution >= 0.6 is 15.9 Å². The average Bonchev–Trinajstić information content (AvgIpc) is 3.06. The number of benzene rings is 1. The van der Waals surface area contributed by atoms with Crippen molar-refractivity contribution in [2.75, 3.05) is 13.7 Å². The minimum absolute atomic E-state index is 0.00680. The molecule has 9 heteroatoms. The van der Waals surface area contributed by atoms with Crippen molar-refractivity contribution < 1.29 is 22.4 Å². The fraction of sp³-hybridized carbons (Fsp3) is 0.412. The molecule has 7 nitrogen and oxygen atoms in total. The molecule has 0 spiro atoms. The Hall–Kier alpha value is -1.71. The van der Waals surface area contributed by atoms with Crippen LogP contribution in [0.4, 0.5) is 0 Å². The third kappa shape index (κ3) is 5.15. The first-order valence-electron chi connectivity index (χ1n) is 8.02. The largest absolute Gasteiger partial charge is 0.464 e. The Balaban J connectivity index is 2.29. The number of methoxy groups -OCH3 is 1. The first kappa shape index (κ1) is 20.6. The van der Waals surface area contributed by atoms with Crippen molar-refractivity contribution >= 4 is 31.9 Å². The number of carbonyl (C=O) groups excluding carboxylic acids is 1. The van der Waals surface area contributed by atoms with Crippen LogP contribution in [-0.2, 0) is 21.3 Å². The molecule has 1 aromatic carbocycles. The van der Waals surface area contributed by atoms with Gasteiger partial charge in [-0.15, -0.1) is 0 Å². The Bertz CT molecular complexity index is 846. The molecule has 0 amide bonds.